The highest BCUT2D eigenvalue weighted by Crippen LogP contribution is 2.33. The third-order valence-corrected chi connectivity index (χ3v) is 6.41. The maximum Gasteiger partial charge on any atom is 0.344 e. The molecule has 1 saturated carbocycles. The van der Waals surface area contributed by atoms with E-state index in [0.29, 0.717) is 12.8 Å². The number of carbonyl (C=O) groups excluding carboxylic acids is 3. The van der Waals surface area contributed by atoms with E-state index >= 15 is 0 Å². The Kier molecular flexibility index (Phi) is 5.80. The van der Waals surface area contributed by atoms with E-state index in [4.69, 9.17) is 4.74 Å². The van der Waals surface area contributed by atoms with Crippen molar-refractivity contribution in [3.63, 3.8) is 0 Å². The van der Waals surface area contributed by atoms with Crippen molar-refractivity contribution in [2.75, 3.05) is 44.7 Å². The molecule has 9 heteroatoms. The lowest BCUT2D eigenvalue weighted by molar-refractivity contribution is -0.892. The summed E-state index contributed by atoms with van der Waals surface area (Å²) < 4.78 is 5.44. The zero-order valence-electron chi connectivity index (χ0n) is 17.4. The fraction of sp³-hybridized carbons (Fsp3) is 0.571. The number of benzene rings is 1. The first-order valence-electron chi connectivity index (χ1n) is 10.7. The van der Waals surface area contributed by atoms with Gasteiger partial charge in [-0.25, -0.2) is 4.79 Å². The van der Waals surface area contributed by atoms with Gasteiger partial charge in [-0.1, -0.05) is 31.4 Å². The van der Waals surface area contributed by atoms with Gasteiger partial charge in [0.15, 0.2) is 6.54 Å². The van der Waals surface area contributed by atoms with E-state index in [1.165, 1.54) is 0 Å². The molecular weight excluding hydrogens is 386 g/mol. The van der Waals surface area contributed by atoms with Crippen molar-refractivity contribution >= 4 is 23.5 Å². The molecular formula is C21H30N5O4+. The number of quaternary nitrogens is 1. The van der Waals surface area contributed by atoms with Gasteiger partial charge in [0.1, 0.15) is 11.3 Å². The molecule has 2 aliphatic heterocycles. The molecule has 162 valence electrons. The quantitative estimate of drug-likeness (QED) is 0.572. The molecule has 4 rings (SSSR count). The Morgan fingerprint density at radius 1 is 1.17 bits per heavy atom. The predicted molar refractivity (Wildman–Crippen MR) is 110 cm³/mol. The molecule has 0 unspecified atom stereocenters. The zero-order chi connectivity index (χ0) is 21.1. The monoisotopic (exact) mass is 416 g/mol. The minimum absolute atomic E-state index is 0.226. The molecule has 9 nitrogen and oxygen atoms in total. The van der Waals surface area contributed by atoms with Crippen LogP contribution in [0.2, 0.25) is 0 Å². The highest BCUT2D eigenvalue weighted by Gasteiger charge is 2.52. The number of piperazine rings is 1. The smallest absolute Gasteiger partial charge is 0.344 e. The number of ether oxygens (including phenoxy) is 1. The third kappa shape index (κ3) is 3.94. The number of para-hydroxylation sites is 2. The van der Waals surface area contributed by atoms with Crippen LogP contribution in [0.3, 0.4) is 0 Å². The topological polar surface area (TPSA) is 95.4 Å². The third-order valence-electron chi connectivity index (χ3n) is 6.41. The molecule has 1 aliphatic carbocycles. The lowest BCUT2D eigenvalue weighted by Gasteiger charge is -2.34. The van der Waals surface area contributed by atoms with E-state index in [9.17, 15) is 14.4 Å². The summed E-state index contributed by atoms with van der Waals surface area (Å²) in [6, 6.07) is 7.39. The Labute approximate surface area is 176 Å². The second kappa shape index (κ2) is 8.51. The molecule has 0 aromatic heterocycles. The van der Waals surface area contributed by atoms with Gasteiger partial charge in [0, 0.05) is 0 Å². The van der Waals surface area contributed by atoms with Crippen molar-refractivity contribution < 1.29 is 24.0 Å². The highest BCUT2D eigenvalue weighted by molar-refractivity contribution is 6.08. The molecule has 3 aliphatic rings. The van der Waals surface area contributed by atoms with E-state index < -0.39 is 11.6 Å². The Balaban J connectivity index is 1.29. The van der Waals surface area contributed by atoms with Crippen LogP contribution in [0.25, 0.3) is 0 Å². The minimum atomic E-state index is -0.824. The van der Waals surface area contributed by atoms with E-state index in [2.05, 4.69) is 15.6 Å². The van der Waals surface area contributed by atoms with E-state index in [1.807, 2.05) is 24.3 Å². The predicted octanol–water partition coefficient (Wildman–Crippen LogP) is -0.314. The average Bonchev–Trinajstić information content (AvgIpc) is 2.98. The second-order valence-electron chi connectivity index (χ2n) is 8.33. The van der Waals surface area contributed by atoms with E-state index in [0.717, 1.165) is 66.8 Å². The fourth-order valence-corrected chi connectivity index (χ4v) is 4.74. The Morgan fingerprint density at radius 2 is 1.87 bits per heavy atom. The van der Waals surface area contributed by atoms with E-state index in [1.54, 1.807) is 7.11 Å². The Morgan fingerprint density at radius 3 is 2.57 bits per heavy atom. The first-order valence-corrected chi connectivity index (χ1v) is 10.7. The van der Waals surface area contributed by atoms with Crippen LogP contribution in [0.15, 0.2) is 24.3 Å². The SMILES string of the molecule is COc1ccccc1N1CC[NH+](CC(=O)NN2C(=O)NC3(CCCCC3)C2=O)CC1. The maximum atomic E-state index is 12.8. The lowest BCUT2D eigenvalue weighted by atomic mass is 9.82. The molecule has 1 aromatic rings. The number of rotatable bonds is 5. The number of hydrogen-bond acceptors (Lipinski definition) is 5. The summed E-state index contributed by atoms with van der Waals surface area (Å²) in [6.07, 6.45) is 4.17. The number of hydrazine groups is 1. The van der Waals surface area contributed by atoms with Crippen molar-refractivity contribution in [3.05, 3.63) is 24.3 Å². The Bertz CT molecular complexity index is 815. The van der Waals surface area contributed by atoms with Gasteiger partial charge >= 0.3 is 6.03 Å². The average molecular weight is 417 g/mol. The van der Waals surface area contributed by atoms with Crippen molar-refractivity contribution in [1.29, 1.82) is 0 Å². The number of urea groups is 1. The lowest BCUT2D eigenvalue weighted by Crippen LogP contribution is -3.16. The van der Waals surface area contributed by atoms with Crippen LogP contribution in [0, 0.1) is 0 Å². The largest absolute Gasteiger partial charge is 0.495 e. The van der Waals surface area contributed by atoms with Crippen LogP contribution in [-0.2, 0) is 9.59 Å². The molecule has 2 saturated heterocycles. The normalized spacial score (nSPS) is 21.6. The fourth-order valence-electron chi connectivity index (χ4n) is 4.74. The summed E-state index contributed by atoms with van der Waals surface area (Å²) in [7, 11) is 1.66. The highest BCUT2D eigenvalue weighted by atomic mass is 16.5. The van der Waals surface area contributed by atoms with Gasteiger partial charge in [-0.3, -0.25) is 15.0 Å². The number of carbonyl (C=O) groups is 3. The molecule has 30 heavy (non-hydrogen) atoms. The summed E-state index contributed by atoms with van der Waals surface area (Å²) in [4.78, 5) is 41.0. The number of methoxy groups -OCH3 is 1. The van der Waals surface area contributed by atoms with Crippen LogP contribution in [-0.4, -0.2) is 68.2 Å². The van der Waals surface area contributed by atoms with Crippen molar-refractivity contribution in [2.24, 2.45) is 0 Å². The molecule has 1 aromatic carbocycles. The molecule has 2 heterocycles. The van der Waals surface area contributed by atoms with Gasteiger partial charge < -0.3 is 19.9 Å². The van der Waals surface area contributed by atoms with Gasteiger partial charge in [-0.15, -0.1) is 0 Å². The Hall–Kier alpha value is -2.81. The van der Waals surface area contributed by atoms with Crippen LogP contribution in [0.5, 0.6) is 5.75 Å². The van der Waals surface area contributed by atoms with Crippen LogP contribution in [0.1, 0.15) is 32.1 Å². The number of nitrogens with one attached hydrogen (secondary N) is 3. The van der Waals surface area contributed by atoms with Gasteiger partial charge in [-0.2, -0.15) is 5.01 Å². The van der Waals surface area contributed by atoms with Crippen LogP contribution >= 0.6 is 0 Å². The number of nitrogens with zero attached hydrogens (tertiary/aromatic N) is 2. The van der Waals surface area contributed by atoms with Crippen LogP contribution < -0.4 is 25.3 Å². The first-order chi connectivity index (χ1) is 14.5. The van der Waals surface area contributed by atoms with Crippen molar-refractivity contribution in [1.82, 2.24) is 15.8 Å². The number of hydrogen-bond donors (Lipinski definition) is 3. The summed E-state index contributed by atoms with van der Waals surface area (Å²) in [6.45, 7) is 3.40. The van der Waals surface area contributed by atoms with Gasteiger partial charge in [-0.05, 0) is 25.0 Å². The summed E-state index contributed by atoms with van der Waals surface area (Å²) in [5, 5.41) is 3.70. The molecule has 3 fully saturated rings. The van der Waals surface area contributed by atoms with Gasteiger partial charge in [0.2, 0.25) is 0 Å². The molecule has 3 N–H and O–H groups in total. The van der Waals surface area contributed by atoms with Crippen molar-refractivity contribution in [2.45, 2.75) is 37.6 Å². The van der Waals surface area contributed by atoms with Gasteiger partial charge in [0.05, 0.1) is 39.0 Å². The maximum absolute atomic E-state index is 12.8. The summed E-state index contributed by atoms with van der Waals surface area (Å²) in [5.74, 6) is 0.206. The molecule has 1 spiro atoms. The summed E-state index contributed by atoms with van der Waals surface area (Å²) in [5.41, 5.74) is 2.77. The van der Waals surface area contributed by atoms with Crippen LogP contribution in [0.4, 0.5) is 10.5 Å². The molecule has 0 atom stereocenters. The second-order valence-corrected chi connectivity index (χ2v) is 8.33. The first kappa shape index (κ1) is 20.5. The molecule has 0 radical (unpaired) electrons. The number of imide groups is 1. The minimum Gasteiger partial charge on any atom is -0.495 e. The van der Waals surface area contributed by atoms with Crippen molar-refractivity contribution in [3.8, 4) is 5.75 Å². The molecule has 0 bridgehead atoms. The van der Waals surface area contributed by atoms with E-state index in [-0.39, 0.29) is 18.4 Å². The number of amides is 4. The molecule has 4 amide bonds. The summed E-state index contributed by atoms with van der Waals surface area (Å²) >= 11 is 0. The standard InChI is InChI=1S/C21H29N5O4/c1-30-17-8-4-3-7-16(17)25-13-11-24(12-14-25)15-18(27)23-26-19(28)21(22-20(26)29)9-5-2-6-10-21/h3-4,7-8H,2,5-6,9-15H2,1H3,(H,22,29)(H,23,27)/p+1. The van der Waals surface area contributed by atoms with Gasteiger partial charge in [0.25, 0.3) is 11.8 Å². The zero-order valence-corrected chi connectivity index (χ0v) is 17.4. The number of anilines is 1.